The van der Waals surface area contributed by atoms with Gasteiger partial charge in [-0.3, -0.25) is 10.1 Å². The van der Waals surface area contributed by atoms with E-state index < -0.39 is 4.92 Å². The molecule has 0 radical (unpaired) electrons. The van der Waals surface area contributed by atoms with Crippen LogP contribution < -0.4 is 5.32 Å². The van der Waals surface area contributed by atoms with Crippen molar-refractivity contribution in [3.8, 4) is 11.4 Å². The van der Waals surface area contributed by atoms with E-state index in [9.17, 15) is 10.1 Å². The second kappa shape index (κ2) is 6.21. The number of nitro groups is 1. The Balaban J connectivity index is 2.24. The van der Waals surface area contributed by atoms with Crippen LogP contribution in [0, 0.1) is 10.1 Å². The fraction of sp³-hybridized carbons (Fsp3) is 0.286. The molecule has 1 aromatic carbocycles. The molecule has 0 unspecified atom stereocenters. The van der Waals surface area contributed by atoms with E-state index in [-0.39, 0.29) is 5.69 Å². The normalized spacial score (nSPS) is 10.8. The van der Waals surface area contributed by atoms with Gasteiger partial charge in [0.2, 0.25) is 0 Å². The molecule has 0 bridgehead atoms. The first-order chi connectivity index (χ1) is 9.58. The summed E-state index contributed by atoms with van der Waals surface area (Å²) in [6.07, 6.45) is 3.38. The van der Waals surface area contributed by atoms with Gasteiger partial charge in [0.15, 0.2) is 5.82 Å². The number of aromatic nitrogens is 2. The highest BCUT2D eigenvalue weighted by Crippen LogP contribution is 2.26. The topological polar surface area (TPSA) is 81.0 Å². The third-order valence-electron chi connectivity index (χ3n) is 2.76. The first-order valence-corrected chi connectivity index (χ1v) is 6.36. The van der Waals surface area contributed by atoms with E-state index in [0.717, 1.165) is 5.56 Å². The van der Waals surface area contributed by atoms with Gasteiger partial charge in [-0.2, -0.15) is 0 Å². The molecule has 0 saturated carbocycles. The maximum Gasteiger partial charge on any atom is 0.280 e. The fourth-order valence-corrected chi connectivity index (χ4v) is 1.73. The minimum atomic E-state index is -0.424. The standard InChI is InChI=1S/C14H16N4O2/c1-10(2)15-7-11-8-16-14(17-9-11)12-5-3-4-6-13(12)18(19)20/h3-6,8-10,15H,7H2,1-2H3. The Morgan fingerprint density at radius 2 is 1.90 bits per heavy atom. The van der Waals surface area contributed by atoms with Crippen molar-refractivity contribution in [2.24, 2.45) is 0 Å². The van der Waals surface area contributed by atoms with Gasteiger partial charge in [0.05, 0.1) is 10.5 Å². The molecule has 1 heterocycles. The minimum Gasteiger partial charge on any atom is -0.310 e. The van der Waals surface area contributed by atoms with Crippen molar-refractivity contribution in [1.82, 2.24) is 15.3 Å². The molecule has 0 amide bonds. The van der Waals surface area contributed by atoms with Crippen LogP contribution in [0.1, 0.15) is 19.4 Å². The number of nitrogens with one attached hydrogen (secondary N) is 1. The molecule has 1 aromatic heterocycles. The Labute approximate surface area is 117 Å². The fourth-order valence-electron chi connectivity index (χ4n) is 1.73. The van der Waals surface area contributed by atoms with E-state index in [2.05, 4.69) is 29.1 Å². The van der Waals surface area contributed by atoms with Crippen LogP contribution in [0.3, 0.4) is 0 Å². The Bertz CT molecular complexity index is 596. The largest absolute Gasteiger partial charge is 0.310 e. The summed E-state index contributed by atoms with van der Waals surface area (Å²) in [5.74, 6) is 0.366. The Hall–Kier alpha value is -2.34. The quantitative estimate of drug-likeness (QED) is 0.668. The Morgan fingerprint density at radius 3 is 2.50 bits per heavy atom. The second-order valence-electron chi connectivity index (χ2n) is 4.72. The van der Waals surface area contributed by atoms with Gasteiger partial charge in [0, 0.05) is 36.6 Å². The SMILES string of the molecule is CC(C)NCc1cnc(-c2ccccc2[N+](=O)[O-])nc1. The summed E-state index contributed by atoms with van der Waals surface area (Å²) in [5.41, 5.74) is 1.39. The zero-order valence-corrected chi connectivity index (χ0v) is 11.4. The Kier molecular flexibility index (Phi) is 4.37. The lowest BCUT2D eigenvalue weighted by atomic mass is 10.1. The molecule has 1 N–H and O–H groups in total. The summed E-state index contributed by atoms with van der Waals surface area (Å²) in [6.45, 7) is 4.79. The highest BCUT2D eigenvalue weighted by Gasteiger charge is 2.15. The van der Waals surface area contributed by atoms with Crippen LogP contribution in [-0.2, 0) is 6.54 Å². The predicted molar refractivity (Wildman–Crippen MR) is 76.1 cm³/mol. The van der Waals surface area contributed by atoms with Gasteiger partial charge in [-0.1, -0.05) is 26.0 Å². The number of hydrogen-bond donors (Lipinski definition) is 1. The van der Waals surface area contributed by atoms with Crippen molar-refractivity contribution in [2.45, 2.75) is 26.4 Å². The lowest BCUT2D eigenvalue weighted by Crippen LogP contribution is -2.21. The van der Waals surface area contributed by atoms with Crippen LogP contribution in [0.5, 0.6) is 0 Å². The van der Waals surface area contributed by atoms with E-state index in [0.29, 0.717) is 24.0 Å². The van der Waals surface area contributed by atoms with E-state index in [1.165, 1.54) is 6.07 Å². The van der Waals surface area contributed by atoms with Crippen molar-refractivity contribution in [2.75, 3.05) is 0 Å². The zero-order chi connectivity index (χ0) is 14.5. The molecule has 2 aromatic rings. The Morgan fingerprint density at radius 1 is 1.25 bits per heavy atom. The number of rotatable bonds is 5. The zero-order valence-electron chi connectivity index (χ0n) is 11.4. The van der Waals surface area contributed by atoms with Crippen LogP contribution in [0.15, 0.2) is 36.7 Å². The highest BCUT2D eigenvalue weighted by molar-refractivity contribution is 5.67. The van der Waals surface area contributed by atoms with E-state index >= 15 is 0 Å². The molecular formula is C14H16N4O2. The molecule has 0 aliphatic heterocycles. The molecule has 6 heteroatoms. The number of para-hydroxylation sites is 1. The van der Waals surface area contributed by atoms with Crippen LogP contribution in [0.4, 0.5) is 5.69 Å². The average Bonchev–Trinajstić information content (AvgIpc) is 2.45. The van der Waals surface area contributed by atoms with Gasteiger partial charge in [-0.25, -0.2) is 9.97 Å². The summed E-state index contributed by atoms with van der Waals surface area (Å²) >= 11 is 0. The lowest BCUT2D eigenvalue weighted by molar-refractivity contribution is -0.384. The highest BCUT2D eigenvalue weighted by atomic mass is 16.6. The molecule has 0 atom stereocenters. The molecule has 0 aliphatic rings. The van der Waals surface area contributed by atoms with Gasteiger partial charge in [0.1, 0.15) is 0 Å². The third-order valence-corrected chi connectivity index (χ3v) is 2.76. The molecule has 0 fully saturated rings. The maximum atomic E-state index is 11.0. The monoisotopic (exact) mass is 272 g/mol. The van der Waals surface area contributed by atoms with Crippen molar-refractivity contribution in [3.05, 3.63) is 52.3 Å². The van der Waals surface area contributed by atoms with Crippen LogP contribution in [0.25, 0.3) is 11.4 Å². The number of nitro benzene ring substituents is 1. The lowest BCUT2D eigenvalue weighted by Gasteiger charge is -2.07. The van der Waals surface area contributed by atoms with Crippen molar-refractivity contribution in [1.29, 1.82) is 0 Å². The van der Waals surface area contributed by atoms with Gasteiger partial charge >= 0.3 is 0 Å². The van der Waals surface area contributed by atoms with Crippen LogP contribution in [-0.4, -0.2) is 20.9 Å². The van der Waals surface area contributed by atoms with Gasteiger partial charge in [-0.05, 0) is 6.07 Å². The second-order valence-corrected chi connectivity index (χ2v) is 4.72. The summed E-state index contributed by atoms with van der Waals surface area (Å²) in [4.78, 5) is 19.0. The molecule has 0 spiro atoms. The van der Waals surface area contributed by atoms with Gasteiger partial charge < -0.3 is 5.32 Å². The van der Waals surface area contributed by atoms with Gasteiger partial charge in [0.25, 0.3) is 5.69 Å². The molecule has 6 nitrogen and oxygen atoms in total. The summed E-state index contributed by atoms with van der Waals surface area (Å²) in [5, 5.41) is 14.2. The number of benzene rings is 1. The molecular weight excluding hydrogens is 256 g/mol. The van der Waals surface area contributed by atoms with E-state index in [4.69, 9.17) is 0 Å². The third kappa shape index (κ3) is 3.36. The first kappa shape index (κ1) is 14.1. The summed E-state index contributed by atoms with van der Waals surface area (Å²) < 4.78 is 0. The molecule has 20 heavy (non-hydrogen) atoms. The molecule has 104 valence electrons. The van der Waals surface area contributed by atoms with Crippen LogP contribution >= 0.6 is 0 Å². The van der Waals surface area contributed by atoms with Crippen molar-refractivity contribution >= 4 is 5.69 Å². The molecule has 2 rings (SSSR count). The first-order valence-electron chi connectivity index (χ1n) is 6.36. The van der Waals surface area contributed by atoms with E-state index in [1.54, 1.807) is 30.6 Å². The number of nitrogens with zero attached hydrogens (tertiary/aromatic N) is 3. The van der Waals surface area contributed by atoms with Gasteiger partial charge in [-0.15, -0.1) is 0 Å². The number of hydrogen-bond acceptors (Lipinski definition) is 5. The average molecular weight is 272 g/mol. The molecule has 0 saturated heterocycles. The smallest absolute Gasteiger partial charge is 0.280 e. The van der Waals surface area contributed by atoms with Crippen molar-refractivity contribution in [3.63, 3.8) is 0 Å². The summed E-state index contributed by atoms with van der Waals surface area (Å²) in [7, 11) is 0. The maximum absolute atomic E-state index is 11.0. The van der Waals surface area contributed by atoms with Crippen molar-refractivity contribution < 1.29 is 4.92 Å². The minimum absolute atomic E-state index is 0.0144. The molecule has 0 aliphatic carbocycles. The summed E-state index contributed by atoms with van der Waals surface area (Å²) in [6, 6.07) is 6.85. The van der Waals surface area contributed by atoms with E-state index in [1.807, 2.05) is 0 Å². The predicted octanol–water partition coefficient (Wildman–Crippen LogP) is 2.55. The van der Waals surface area contributed by atoms with Crippen LogP contribution in [0.2, 0.25) is 0 Å².